The molecule has 1 N–H and O–H groups in total. The summed E-state index contributed by atoms with van der Waals surface area (Å²) in [5, 5.41) is 12.7. The number of rotatable bonds is 4. The van der Waals surface area contributed by atoms with Crippen LogP contribution in [0.1, 0.15) is 63.6 Å². The molecule has 5 heteroatoms. The Morgan fingerprint density at radius 1 is 1.14 bits per heavy atom. The van der Waals surface area contributed by atoms with Crippen LogP contribution in [0.4, 0.5) is 0 Å². The van der Waals surface area contributed by atoms with Crippen molar-refractivity contribution in [1.82, 2.24) is 25.0 Å². The van der Waals surface area contributed by atoms with Crippen molar-refractivity contribution in [2.24, 2.45) is 0 Å². The molecular formula is C16H29N5. The van der Waals surface area contributed by atoms with Gasteiger partial charge in [0, 0.05) is 19.0 Å². The fourth-order valence-electron chi connectivity index (χ4n) is 3.67. The Bertz CT molecular complexity index is 448. The molecule has 0 bridgehead atoms. The van der Waals surface area contributed by atoms with Gasteiger partial charge in [-0.05, 0) is 52.2 Å². The lowest BCUT2D eigenvalue weighted by Crippen LogP contribution is -2.43. The first kappa shape index (κ1) is 15.0. The van der Waals surface area contributed by atoms with Gasteiger partial charge >= 0.3 is 0 Å². The fourth-order valence-corrected chi connectivity index (χ4v) is 3.67. The third-order valence-corrected chi connectivity index (χ3v) is 5.05. The number of fused-ring (bicyclic) bond motifs is 1. The van der Waals surface area contributed by atoms with Crippen LogP contribution in [0.25, 0.3) is 0 Å². The van der Waals surface area contributed by atoms with Crippen LogP contribution in [0, 0.1) is 0 Å². The average molecular weight is 291 g/mol. The van der Waals surface area contributed by atoms with Crippen LogP contribution in [0.2, 0.25) is 0 Å². The highest BCUT2D eigenvalue weighted by Gasteiger charge is 2.23. The predicted molar refractivity (Wildman–Crippen MR) is 84.3 cm³/mol. The van der Waals surface area contributed by atoms with Gasteiger partial charge in [-0.3, -0.25) is 0 Å². The molecule has 1 saturated heterocycles. The van der Waals surface area contributed by atoms with E-state index in [9.17, 15) is 0 Å². The zero-order chi connectivity index (χ0) is 14.7. The Morgan fingerprint density at radius 3 is 2.71 bits per heavy atom. The van der Waals surface area contributed by atoms with Gasteiger partial charge in [-0.1, -0.05) is 13.3 Å². The smallest absolute Gasteiger partial charge is 0.149 e. The van der Waals surface area contributed by atoms with Gasteiger partial charge in [0.2, 0.25) is 0 Å². The molecule has 1 aromatic rings. The lowest BCUT2D eigenvalue weighted by Gasteiger charge is -2.33. The first-order valence-corrected chi connectivity index (χ1v) is 8.68. The number of likely N-dealkylation sites (tertiary alicyclic amines) is 1. The maximum atomic E-state index is 4.48. The summed E-state index contributed by atoms with van der Waals surface area (Å²) in [6.45, 7) is 9.21. The Labute approximate surface area is 128 Å². The molecule has 0 saturated carbocycles. The second-order valence-corrected chi connectivity index (χ2v) is 6.53. The van der Waals surface area contributed by atoms with Crippen molar-refractivity contribution in [1.29, 1.82) is 0 Å². The van der Waals surface area contributed by atoms with Crippen molar-refractivity contribution >= 4 is 0 Å². The first-order chi connectivity index (χ1) is 10.3. The van der Waals surface area contributed by atoms with E-state index in [-0.39, 0.29) is 0 Å². The average Bonchev–Trinajstić information content (AvgIpc) is 2.77. The molecule has 2 aliphatic rings. The third-order valence-electron chi connectivity index (χ3n) is 5.05. The summed E-state index contributed by atoms with van der Waals surface area (Å²) in [5.74, 6) is 2.33. The van der Waals surface area contributed by atoms with E-state index in [1.807, 2.05) is 0 Å². The molecule has 2 aliphatic heterocycles. The molecule has 0 radical (unpaired) electrons. The van der Waals surface area contributed by atoms with Gasteiger partial charge in [-0.15, -0.1) is 10.2 Å². The van der Waals surface area contributed by atoms with Crippen LogP contribution in [0.15, 0.2) is 0 Å². The van der Waals surface area contributed by atoms with Crippen LogP contribution < -0.4 is 5.32 Å². The first-order valence-electron chi connectivity index (χ1n) is 8.68. The molecule has 3 heterocycles. The van der Waals surface area contributed by atoms with E-state index in [0.29, 0.717) is 12.1 Å². The Morgan fingerprint density at radius 2 is 1.95 bits per heavy atom. The molecule has 1 unspecified atom stereocenters. The van der Waals surface area contributed by atoms with Crippen molar-refractivity contribution in [3.63, 3.8) is 0 Å². The van der Waals surface area contributed by atoms with Gasteiger partial charge in [0.25, 0.3) is 0 Å². The molecule has 1 atom stereocenters. The molecule has 1 fully saturated rings. The van der Waals surface area contributed by atoms with Crippen molar-refractivity contribution < 1.29 is 0 Å². The van der Waals surface area contributed by atoms with Gasteiger partial charge in [0.1, 0.15) is 11.6 Å². The molecule has 1 aromatic heterocycles. The van der Waals surface area contributed by atoms with E-state index in [0.717, 1.165) is 18.8 Å². The topological polar surface area (TPSA) is 46.0 Å². The van der Waals surface area contributed by atoms with Crippen molar-refractivity contribution in [3.8, 4) is 0 Å². The van der Waals surface area contributed by atoms with Crippen LogP contribution in [0.3, 0.4) is 0 Å². The monoisotopic (exact) mass is 291 g/mol. The van der Waals surface area contributed by atoms with E-state index in [1.165, 1.54) is 57.6 Å². The predicted octanol–water partition coefficient (Wildman–Crippen LogP) is 2.14. The summed E-state index contributed by atoms with van der Waals surface area (Å²) < 4.78 is 2.37. The van der Waals surface area contributed by atoms with Crippen LogP contribution >= 0.6 is 0 Å². The fraction of sp³-hybridized carbons (Fsp3) is 0.875. The quantitative estimate of drug-likeness (QED) is 0.923. The largest absolute Gasteiger partial charge is 0.314 e. The molecule has 0 aromatic carbocycles. The van der Waals surface area contributed by atoms with Gasteiger partial charge in [0.15, 0.2) is 0 Å². The summed E-state index contributed by atoms with van der Waals surface area (Å²) in [7, 11) is 0. The number of nitrogens with one attached hydrogen (secondary N) is 1. The zero-order valence-electron chi connectivity index (χ0n) is 13.5. The van der Waals surface area contributed by atoms with E-state index in [1.54, 1.807) is 0 Å². The molecule has 3 rings (SSSR count). The lowest BCUT2D eigenvalue weighted by atomic mass is 10.0. The van der Waals surface area contributed by atoms with Gasteiger partial charge in [0.05, 0.1) is 6.04 Å². The van der Waals surface area contributed by atoms with Crippen molar-refractivity contribution in [2.45, 2.75) is 71.0 Å². The van der Waals surface area contributed by atoms with E-state index in [4.69, 9.17) is 0 Å². The van der Waals surface area contributed by atoms with Crippen molar-refractivity contribution in [3.05, 3.63) is 11.6 Å². The SMILES string of the molecule is CCN1CCC(NC(C)c2nnc3n2CCCCC3)CC1. The summed E-state index contributed by atoms with van der Waals surface area (Å²) in [6.07, 6.45) is 7.43. The molecule has 21 heavy (non-hydrogen) atoms. The zero-order valence-corrected chi connectivity index (χ0v) is 13.5. The number of hydrogen-bond donors (Lipinski definition) is 1. The van der Waals surface area contributed by atoms with Gasteiger partial charge in [-0.25, -0.2) is 0 Å². The number of aromatic nitrogens is 3. The van der Waals surface area contributed by atoms with Crippen LogP contribution in [-0.4, -0.2) is 45.3 Å². The minimum absolute atomic E-state index is 0.308. The molecular weight excluding hydrogens is 262 g/mol. The molecule has 0 aliphatic carbocycles. The molecule has 0 amide bonds. The van der Waals surface area contributed by atoms with E-state index >= 15 is 0 Å². The lowest BCUT2D eigenvalue weighted by molar-refractivity contribution is 0.199. The van der Waals surface area contributed by atoms with Gasteiger partial charge < -0.3 is 14.8 Å². The molecule has 5 nitrogen and oxygen atoms in total. The maximum Gasteiger partial charge on any atom is 0.149 e. The third kappa shape index (κ3) is 3.46. The minimum atomic E-state index is 0.308. The highest BCUT2D eigenvalue weighted by molar-refractivity contribution is 5.02. The molecule has 118 valence electrons. The Hall–Kier alpha value is -0.940. The normalized spacial score (nSPS) is 22.8. The Kier molecular flexibility index (Phi) is 4.91. The van der Waals surface area contributed by atoms with Crippen LogP contribution in [0.5, 0.6) is 0 Å². The van der Waals surface area contributed by atoms with E-state index in [2.05, 4.69) is 38.8 Å². The van der Waals surface area contributed by atoms with Gasteiger partial charge in [-0.2, -0.15) is 0 Å². The number of aryl methyl sites for hydroxylation is 1. The molecule has 0 spiro atoms. The summed E-state index contributed by atoms with van der Waals surface area (Å²) in [5.41, 5.74) is 0. The second-order valence-electron chi connectivity index (χ2n) is 6.53. The van der Waals surface area contributed by atoms with Crippen LogP contribution in [-0.2, 0) is 13.0 Å². The standard InChI is InChI=1S/C16H29N5/c1-3-20-11-8-14(9-12-20)17-13(2)16-19-18-15-7-5-4-6-10-21(15)16/h13-14,17H,3-12H2,1-2H3. The number of piperidine rings is 1. The maximum absolute atomic E-state index is 4.48. The summed E-state index contributed by atoms with van der Waals surface area (Å²) >= 11 is 0. The highest BCUT2D eigenvalue weighted by Crippen LogP contribution is 2.20. The summed E-state index contributed by atoms with van der Waals surface area (Å²) in [4.78, 5) is 2.53. The second kappa shape index (κ2) is 6.88. The number of hydrogen-bond acceptors (Lipinski definition) is 4. The van der Waals surface area contributed by atoms with E-state index < -0.39 is 0 Å². The van der Waals surface area contributed by atoms with Crippen molar-refractivity contribution in [2.75, 3.05) is 19.6 Å². The number of nitrogens with zero attached hydrogens (tertiary/aromatic N) is 4. The Balaban J connectivity index is 1.61. The minimum Gasteiger partial charge on any atom is -0.314 e. The summed E-state index contributed by atoms with van der Waals surface area (Å²) in [6, 6.07) is 0.934. The highest BCUT2D eigenvalue weighted by atomic mass is 15.3.